The molecule has 146 valence electrons. The fourth-order valence-corrected chi connectivity index (χ4v) is 2.11. The zero-order chi connectivity index (χ0) is 21.2. The van der Waals surface area contributed by atoms with Crippen molar-refractivity contribution in [2.75, 3.05) is 0 Å². The molecule has 0 heterocycles. The summed E-state index contributed by atoms with van der Waals surface area (Å²) < 4.78 is 43.6. The standard InChI is InChI=1S/C14H6F3N3O8/c15-14(16,17)8-4-11(19(24)25)13(12(5-8)20(26)27)28-9-1-2-10(18(22)23)7(3-9)6-21/h1-6H. The van der Waals surface area contributed by atoms with Gasteiger partial charge in [0.2, 0.25) is 0 Å². The summed E-state index contributed by atoms with van der Waals surface area (Å²) in [6.45, 7) is 0. The number of aldehydes is 1. The van der Waals surface area contributed by atoms with Crippen LogP contribution in [0, 0.1) is 30.3 Å². The molecule has 0 saturated heterocycles. The number of alkyl halides is 3. The van der Waals surface area contributed by atoms with Crippen LogP contribution in [0.25, 0.3) is 0 Å². The molecule has 2 aromatic carbocycles. The lowest BCUT2D eigenvalue weighted by atomic mass is 10.1. The van der Waals surface area contributed by atoms with Crippen molar-refractivity contribution in [3.8, 4) is 11.5 Å². The average Bonchev–Trinajstić information content (AvgIpc) is 2.59. The summed E-state index contributed by atoms with van der Waals surface area (Å²) in [7, 11) is 0. The van der Waals surface area contributed by atoms with Crippen LogP contribution in [0.4, 0.5) is 30.2 Å². The number of halogens is 3. The summed E-state index contributed by atoms with van der Waals surface area (Å²) in [6, 6.07) is 2.52. The first kappa shape index (κ1) is 20.2. The molecule has 0 atom stereocenters. The van der Waals surface area contributed by atoms with Crippen LogP contribution in [-0.4, -0.2) is 21.1 Å². The smallest absolute Gasteiger partial charge is 0.416 e. The molecule has 0 aliphatic rings. The second-order valence-electron chi connectivity index (χ2n) is 5.05. The number of rotatable bonds is 6. The van der Waals surface area contributed by atoms with Crippen LogP contribution in [0.3, 0.4) is 0 Å². The molecule has 0 bridgehead atoms. The van der Waals surface area contributed by atoms with Crippen LogP contribution in [0.1, 0.15) is 15.9 Å². The lowest BCUT2D eigenvalue weighted by Crippen LogP contribution is -2.08. The Labute approximate surface area is 151 Å². The Morgan fingerprint density at radius 1 is 0.857 bits per heavy atom. The number of nitro groups is 3. The third-order valence-electron chi connectivity index (χ3n) is 3.31. The highest BCUT2D eigenvalue weighted by molar-refractivity contribution is 5.82. The van der Waals surface area contributed by atoms with Crippen molar-refractivity contribution < 1.29 is 37.5 Å². The van der Waals surface area contributed by atoms with Gasteiger partial charge in [0.15, 0.2) is 6.29 Å². The van der Waals surface area contributed by atoms with Crippen molar-refractivity contribution in [3.63, 3.8) is 0 Å². The van der Waals surface area contributed by atoms with Crippen molar-refractivity contribution in [2.24, 2.45) is 0 Å². The van der Waals surface area contributed by atoms with Crippen LogP contribution in [0.15, 0.2) is 30.3 Å². The Bertz CT molecular complexity index is 971. The number of nitrogens with zero attached hydrogens (tertiary/aromatic N) is 3. The van der Waals surface area contributed by atoms with Gasteiger partial charge in [-0.2, -0.15) is 13.2 Å². The molecule has 0 saturated carbocycles. The predicted octanol–water partition coefficient (Wildman–Crippen LogP) is 4.03. The lowest BCUT2D eigenvalue weighted by Gasteiger charge is -2.11. The Kier molecular flexibility index (Phi) is 5.24. The number of benzene rings is 2. The molecular weight excluding hydrogens is 395 g/mol. The van der Waals surface area contributed by atoms with E-state index in [0.29, 0.717) is 0 Å². The van der Waals surface area contributed by atoms with Gasteiger partial charge >= 0.3 is 17.6 Å². The molecule has 2 aromatic rings. The fourth-order valence-electron chi connectivity index (χ4n) is 2.11. The minimum atomic E-state index is -5.11. The number of hydrogen-bond donors (Lipinski definition) is 0. The highest BCUT2D eigenvalue weighted by Crippen LogP contribution is 2.44. The van der Waals surface area contributed by atoms with E-state index in [-0.39, 0.29) is 18.4 Å². The van der Waals surface area contributed by atoms with Crippen LogP contribution in [0.5, 0.6) is 11.5 Å². The van der Waals surface area contributed by atoms with Gasteiger partial charge in [0.25, 0.3) is 11.4 Å². The second-order valence-corrected chi connectivity index (χ2v) is 5.05. The summed E-state index contributed by atoms with van der Waals surface area (Å²) in [4.78, 5) is 40.4. The van der Waals surface area contributed by atoms with Gasteiger partial charge in [0, 0.05) is 18.2 Å². The molecular formula is C14H6F3N3O8. The summed E-state index contributed by atoms with van der Waals surface area (Å²) in [6.07, 6.45) is -5.04. The number of hydrogen-bond acceptors (Lipinski definition) is 8. The van der Waals surface area contributed by atoms with E-state index in [1.807, 2.05) is 0 Å². The summed E-state index contributed by atoms with van der Waals surface area (Å²) in [5.74, 6) is -1.60. The number of carbonyl (C=O) groups excluding carboxylic acids is 1. The molecule has 0 amide bonds. The summed E-state index contributed by atoms with van der Waals surface area (Å²) in [5.41, 5.74) is -5.51. The van der Waals surface area contributed by atoms with E-state index in [9.17, 15) is 48.3 Å². The maximum atomic E-state index is 12.9. The lowest BCUT2D eigenvalue weighted by molar-refractivity contribution is -0.396. The zero-order valence-electron chi connectivity index (χ0n) is 13.2. The van der Waals surface area contributed by atoms with Gasteiger partial charge in [-0.05, 0) is 12.1 Å². The minimum Gasteiger partial charge on any atom is -0.444 e. The normalized spacial score (nSPS) is 11.0. The maximum Gasteiger partial charge on any atom is 0.416 e. The largest absolute Gasteiger partial charge is 0.444 e. The van der Waals surface area contributed by atoms with E-state index in [4.69, 9.17) is 4.74 Å². The van der Waals surface area contributed by atoms with E-state index in [0.717, 1.165) is 18.2 Å². The minimum absolute atomic E-state index is 0.0500. The highest BCUT2D eigenvalue weighted by Gasteiger charge is 2.38. The average molecular weight is 401 g/mol. The van der Waals surface area contributed by atoms with Gasteiger partial charge in [0.05, 0.1) is 25.9 Å². The van der Waals surface area contributed by atoms with Crippen LogP contribution < -0.4 is 4.74 Å². The molecule has 0 spiro atoms. The quantitative estimate of drug-likeness (QED) is 0.399. The first-order valence-corrected chi connectivity index (χ1v) is 6.91. The monoisotopic (exact) mass is 401 g/mol. The van der Waals surface area contributed by atoms with Gasteiger partial charge in [-0.3, -0.25) is 35.1 Å². The fraction of sp³-hybridized carbons (Fsp3) is 0.0714. The number of carbonyl (C=O) groups is 1. The maximum absolute atomic E-state index is 12.9. The first-order valence-electron chi connectivity index (χ1n) is 6.91. The number of nitro benzene ring substituents is 3. The molecule has 28 heavy (non-hydrogen) atoms. The molecule has 0 fully saturated rings. The number of ether oxygens (including phenoxy) is 1. The van der Waals surface area contributed by atoms with Crippen LogP contribution in [-0.2, 0) is 6.18 Å². The Morgan fingerprint density at radius 3 is 1.75 bits per heavy atom. The molecule has 0 aliphatic carbocycles. The van der Waals surface area contributed by atoms with Gasteiger partial charge in [-0.1, -0.05) is 0 Å². The third-order valence-corrected chi connectivity index (χ3v) is 3.31. The topological polar surface area (TPSA) is 156 Å². The summed E-state index contributed by atoms with van der Waals surface area (Å²) in [5, 5.41) is 33.0. The van der Waals surface area contributed by atoms with E-state index in [1.165, 1.54) is 0 Å². The van der Waals surface area contributed by atoms with Crippen molar-refractivity contribution in [1.29, 1.82) is 0 Å². The van der Waals surface area contributed by atoms with Crippen molar-refractivity contribution in [3.05, 3.63) is 71.8 Å². The van der Waals surface area contributed by atoms with Crippen LogP contribution >= 0.6 is 0 Å². The summed E-state index contributed by atoms with van der Waals surface area (Å²) >= 11 is 0. The molecule has 0 unspecified atom stereocenters. The molecule has 14 heteroatoms. The molecule has 0 aromatic heterocycles. The first-order chi connectivity index (χ1) is 13.0. The van der Waals surface area contributed by atoms with E-state index < -0.39 is 60.6 Å². The zero-order valence-corrected chi connectivity index (χ0v) is 13.2. The molecule has 0 N–H and O–H groups in total. The highest BCUT2D eigenvalue weighted by atomic mass is 19.4. The van der Waals surface area contributed by atoms with Crippen molar-refractivity contribution >= 4 is 23.3 Å². The van der Waals surface area contributed by atoms with Crippen molar-refractivity contribution in [1.82, 2.24) is 0 Å². The predicted molar refractivity (Wildman–Crippen MR) is 83.3 cm³/mol. The van der Waals surface area contributed by atoms with Crippen LogP contribution in [0.2, 0.25) is 0 Å². The molecule has 2 rings (SSSR count). The third kappa shape index (κ3) is 4.00. The molecule has 11 nitrogen and oxygen atoms in total. The Hall–Kier alpha value is -4.10. The van der Waals surface area contributed by atoms with E-state index in [2.05, 4.69) is 0 Å². The second kappa shape index (κ2) is 7.26. The molecule has 0 radical (unpaired) electrons. The van der Waals surface area contributed by atoms with Gasteiger partial charge in [-0.25, -0.2) is 0 Å². The van der Waals surface area contributed by atoms with E-state index >= 15 is 0 Å². The SMILES string of the molecule is O=Cc1cc(Oc2c([N+](=O)[O-])cc(C(F)(F)F)cc2[N+](=O)[O-])ccc1[N+](=O)[O-]. The van der Waals surface area contributed by atoms with Gasteiger partial charge in [-0.15, -0.1) is 0 Å². The Morgan fingerprint density at radius 2 is 1.36 bits per heavy atom. The van der Waals surface area contributed by atoms with Gasteiger partial charge < -0.3 is 4.74 Å². The van der Waals surface area contributed by atoms with E-state index in [1.54, 1.807) is 0 Å². The van der Waals surface area contributed by atoms with Gasteiger partial charge in [0.1, 0.15) is 5.75 Å². The molecule has 0 aliphatic heterocycles. The Balaban J connectivity index is 2.68. The van der Waals surface area contributed by atoms with Crippen molar-refractivity contribution in [2.45, 2.75) is 6.18 Å².